The van der Waals surface area contributed by atoms with Gasteiger partial charge in [-0.2, -0.15) is 0 Å². The van der Waals surface area contributed by atoms with Gasteiger partial charge >= 0.3 is 0 Å². The topological polar surface area (TPSA) is 21.3 Å². The predicted octanol–water partition coefficient (Wildman–Crippen LogP) is 2.87. The van der Waals surface area contributed by atoms with Crippen LogP contribution >= 0.6 is 0 Å². The molecule has 0 amide bonds. The van der Waals surface area contributed by atoms with Crippen molar-refractivity contribution in [3.8, 4) is 0 Å². The fourth-order valence-electron chi connectivity index (χ4n) is 3.91. The summed E-state index contributed by atoms with van der Waals surface area (Å²) in [6, 6.07) is 0. The summed E-state index contributed by atoms with van der Waals surface area (Å²) >= 11 is 0. The van der Waals surface area contributed by atoms with E-state index in [1.807, 2.05) is 0 Å². The van der Waals surface area contributed by atoms with Crippen molar-refractivity contribution < 1.29 is 4.74 Å². The highest BCUT2D eigenvalue weighted by Gasteiger charge is 2.48. The maximum atomic E-state index is 6.40. The second kappa shape index (κ2) is 3.99. The lowest BCUT2D eigenvalue weighted by Gasteiger charge is -2.25. The third-order valence-electron chi connectivity index (χ3n) is 5.02. The Kier molecular flexibility index (Phi) is 2.75. The van der Waals surface area contributed by atoms with E-state index in [0.717, 1.165) is 0 Å². The Morgan fingerprint density at radius 1 is 1.12 bits per heavy atom. The molecule has 1 heterocycles. The lowest BCUT2D eigenvalue weighted by atomic mass is 9.94. The van der Waals surface area contributed by atoms with E-state index in [-0.39, 0.29) is 0 Å². The minimum absolute atomic E-state index is 0.334. The molecule has 3 fully saturated rings. The van der Waals surface area contributed by atoms with E-state index in [2.05, 4.69) is 12.4 Å². The van der Waals surface area contributed by atoms with E-state index in [0.29, 0.717) is 17.1 Å². The third kappa shape index (κ3) is 2.02. The maximum Gasteiger partial charge on any atom is 0.0687 e. The zero-order valence-electron chi connectivity index (χ0n) is 10.6. The summed E-state index contributed by atoms with van der Waals surface area (Å²) in [7, 11) is 2.08. The van der Waals surface area contributed by atoms with Gasteiger partial charge in [-0.15, -0.1) is 0 Å². The summed E-state index contributed by atoms with van der Waals surface area (Å²) in [4.78, 5) is 0. The van der Waals surface area contributed by atoms with Crippen LogP contribution in [-0.4, -0.2) is 25.3 Å². The lowest BCUT2D eigenvalue weighted by Crippen LogP contribution is -2.28. The van der Waals surface area contributed by atoms with Crippen molar-refractivity contribution in [3.63, 3.8) is 0 Å². The van der Waals surface area contributed by atoms with Crippen molar-refractivity contribution in [1.82, 2.24) is 5.32 Å². The SMILES string of the molecule is CNCC1(CC2CCC3(CCCC3)O2)CC1. The number of hydrogen-bond acceptors (Lipinski definition) is 2. The molecule has 3 aliphatic rings. The van der Waals surface area contributed by atoms with Crippen molar-refractivity contribution >= 4 is 0 Å². The average Bonchev–Trinajstić information content (AvgIpc) is 2.75. The molecule has 1 saturated heterocycles. The van der Waals surface area contributed by atoms with Crippen LogP contribution in [0.3, 0.4) is 0 Å². The van der Waals surface area contributed by atoms with Gasteiger partial charge in [0, 0.05) is 6.54 Å². The van der Waals surface area contributed by atoms with Crippen LogP contribution in [0.2, 0.25) is 0 Å². The molecule has 2 nitrogen and oxygen atoms in total. The fraction of sp³-hybridized carbons (Fsp3) is 1.00. The van der Waals surface area contributed by atoms with Crippen molar-refractivity contribution in [1.29, 1.82) is 0 Å². The van der Waals surface area contributed by atoms with E-state index in [1.54, 1.807) is 0 Å². The van der Waals surface area contributed by atoms with E-state index < -0.39 is 0 Å². The second-order valence-electron chi connectivity index (χ2n) is 6.40. The number of ether oxygens (including phenoxy) is 1. The molecule has 16 heavy (non-hydrogen) atoms. The van der Waals surface area contributed by atoms with Crippen LogP contribution in [0.5, 0.6) is 0 Å². The number of rotatable bonds is 4. The van der Waals surface area contributed by atoms with Crippen LogP contribution < -0.4 is 5.32 Å². The van der Waals surface area contributed by atoms with Crippen molar-refractivity contribution in [2.45, 2.75) is 69.5 Å². The molecule has 1 atom stereocenters. The highest BCUT2D eigenvalue weighted by atomic mass is 16.5. The van der Waals surface area contributed by atoms with E-state index in [4.69, 9.17) is 4.74 Å². The van der Waals surface area contributed by atoms with Gasteiger partial charge in [-0.25, -0.2) is 0 Å². The summed E-state index contributed by atoms with van der Waals surface area (Å²) in [5.74, 6) is 0. The van der Waals surface area contributed by atoms with Crippen molar-refractivity contribution in [2.75, 3.05) is 13.6 Å². The Morgan fingerprint density at radius 2 is 1.88 bits per heavy atom. The Balaban J connectivity index is 1.54. The van der Waals surface area contributed by atoms with Gasteiger partial charge < -0.3 is 10.1 Å². The Morgan fingerprint density at radius 3 is 2.50 bits per heavy atom. The van der Waals surface area contributed by atoms with Crippen LogP contribution in [0.1, 0.15) is 57.8 Å². The monoisotopic (exact) mass is 223 g/mol. The van der Waals surface area contributed by atoms with Crippen molar-refractivity contribution in [2.24, 2.45) is 5.41 Å². The first-order chi connectivity index (χ1) is 7.76. The molecular weight excluding hydrogens is 198 g/mol. The molecule has 0 radical (unpaired) electrons. The molecule has 1 N–H and O–H groups in total. The summed E-state index contributed by atoms with van der Waals surface area (Å²) in [5, 5.41) is 3.35. The smallest absolute Gasteiger partial charge is 0.0687 e. The molecule has 0 aromatic heterocycles. The van der Waals surface area contributed by atoms with Crippen LogP contribution in [0, 0.1) is 5.41 Å². The van der Waals surface area contributed by atoms with Crippen LogP contribution in [0.4, 0.5) is 0 Å². The van der Waals surface area contributed by atoms with E-state index in [9.17, 15) is 0 Å². The van der Waals surface area contributed by atoms with Crippen LogP contribution in [0.15, 0.2) is 0 Å². The second-order valence-corrected chi connectivity index (χ2v) is 6.40. The van der Waals surface area contributed by atoms with Gasteiger partial charge in [0.25, 0.3) is 0 Å². The van der Waals surface area contributed by atoms with Gasteiger partial charge in [-0.1, -0.05) is 12.8 Å². The van der Waals surface area contributed by atoms with Gasteiger partial charge in [0.1, 0.15) is 0 Å². The van der Waals surface area contributed by atoms with Gasteiger partial charge in [0.2, 0.25) is 0 Å². The summed E-state index contributed by atoms with van der Waals surface area (Å²) in [6.45, 7) is 1.19. The molecule has 2 heteroatoms. The molecule has 2 saturated carbocycles. The highest BCUT2D eigenvalue weighted by Crippen LogP contribution is 2.53. The Bertz CT molecular complexity index is 253. The standard InChI is InChI=1S/C14H25NO/c1-15-11-13(8-9-13)10-12-4-7-14(16-12)5-2-3-6-14/h12,15H,2-11H2,1H3. The zero-order chi connectivity index (χ0) is 11.1. The quantitative estimate of drug-likeness (QED) is 0.791. The minimum atomic E-state index is 0.334. The van der Waals surface area contributed by atoms with Crippen molar-refractivity contribution in [3.05, 3.63) is 0 Å². The molecule has 1 unspecified atom stereocenters. The molecular formula is C14H25NO. The first-order valence-corrected chi connectivity index (χ1v) is 7.08. The predicted molar refractivity (Wildman–Crippen MR) is 65.5 cm³/mol. The summed E-state index contributed by atoms with van der Waals surface area (Å²) < 4.78 is 6.40. The molecule has 1 spiro atoms. The number of hydrogen-bond donors (Lipinski definition) is 1. The average molecular weight is 223 g/mol. The summed E-state index contributed by atoms with van der Waals surface area (Å²) in [6.07, 6.45) is 12.9. The van der Waals surface area contributed by atoms with Gasteiger partial charge in [0.15, 0.2) is 0 Å². The molecule has 2 aliphatic carbocycles. The van der Waals surface area contributed by atoms with E-state index >= 15 is 0 Å². The van der Waals surface area contributed by atoms with Crippen LogP contribution in [0.25, 0.3) is 0 Å². The van der Waals surface area contributed by atoms with Gasteiger partial charge in [-0.3, -0.25) is 0 Å². The highest BCUT2D eigenvalue weighted by molar-refractivity contribution is 5.00. The Hall–Kier alpha value is -0.0800. The fourth-order valence-corrected chi connectivity index (χ4v) is 3.91. The van der Waals surface area contributed by atoms with Gasteiger partial charge in [0.05, 0.1) is 11.7 Å². The lowest BCUT2D eigenvalue weighted by molar-refractivity contribution is -0.0456. The summed E-state index contributed by atoms with van der Waals surface area (Å²) in [5.41, 5.74) is 0.948. The first-order valence-electron chi connectivity index (χ1n) is 7.08. The van der Waals surface area contributed by atoms with E-state index in [1.165, 1.54) is 64.3 Å². The number of nitrogens with one attached hydrogen (secondary N) is 1. The molecule has 0 aromatic carbocycles. The molecule has 1 aliphatic heterocycles. The molecule has 3 rings (SSSR count). The minimum Gasteiger partial charge on any atom is -0.372 e. The molecule has 92 valence electrons. The normalized spacial score (nSPS) is 34.7. The zero-order valence-corrected chi connectivity index (χ0v) is 10.6. The van der Waals surface area contributed by atoms with Gasteiger partial charge in [-0.05, 0) is 57.4 Å². The largest absolute Gasteiger partial charge is 0.372 e. The third-order valence-corrected chi connectivity index (χ3v) is 5.02. The maximum absolute atomic E-state index is 6.40. The molecule has 0 aromatic rings. The Labute approximate surface area is 99.1 Å². The molecule has 0 bridgehead atoms. The van der Waals surface area contributed by atoms with Crippen LogP contribution in [-0.2, 0) is 4.74 Å². The first kappa shape index (κ1) is 11.0.